The smallest absolute Gasteiger partial charge is 0.0794 e. The highest BCUT2D eigenvalue weighted by Gasteiger charge is 2.12. The predicted molar refractivity (Wildman–Crippen MR) is 73.5 cm³/mol. The first-order valence-electron chi connectivity index (χ1n) is 5.56. The number of halogens is 1. The van der Waals surface area contributed by atoms with Crippen molar-refractivity contribution < 1.29 is 0 Å². The maximum Gasteiger partial charge on any atom is 0.0794 e. The first kappa shape index (κ1) is 12.6. The van der Waals surface area contributed by atoms with E-state index in [-0.39, 0.29) is 6.04 Å². The quantitative estimate of drug-likeness (QED) is 0.897. The molecule has 1 aromatic heterocycles. The molecule has 0 aliphatic heterocycles. The lowest BCUT2D eigenvalue weighted by Crippen LogP contribution is -2.21. The molecule has 90 valence electrons. The molecule has 0 aliphatic rings. The molecule has 0 aliphatic carbocycles. The number of nitrogens with one attached hydrogen (secondary N) is 1. The number of thiazole rings is 1. The molecule has 4 heteroatoms. The summed E-state index contributed by atoms with van der Waals surface area (Å²) < 4.78 is 0. The van der Waals surface area contributed by atoms with E-state index in [1.807, 2.05) is 29.9 Å². The molecule has 2 atom stereocenters. The molecule has 0 saturated carbocycles. The summed E-state index contributed by atoms with van der Waals surface area (Å²) in [6.07, 6.45) is 1.91. The lowest BCUT2D eigenvalue weighted by molar-refractivity contribution is 0.499. The van der Waals surface area contributed by atoms with Crippen LogP contribution in [-0.2, 0) is 0 Å². The van der Waals surface area contributed by atoms with Crippen molar-refractivity contribution in [2.24, 2.45) is 0 Å². The summed E-state index contributed by atoms with van der Waals surface area (Å²) in [6, 6.07) is 8.53. The highest BCUT2D eigenvalue weighted by Crippen LogP contribution is 2.23. The molecule has 1 unspecified atom stereocenters. The third kappa shape index (κ3) is 3.28. The Balaban J connectivity index is 2.04. The van der Waals surface area contributed by atoms with Gasteiger partial charge in [-0.25, -0.2) is 0 Å². The summed E-state index contributed by atoms with van der Waals surface area (Å²) in [5.74, 6) is 0. The SMILES string of the molecule is CC(N[C@H](C)c1cccc(Cl)c1)c1cncs1. The zero-order chi connectivity index (χ0) is 12.3. The van der Waals surface area contributed by atoms with Gasteiger partial charge in [-0.2, -0.15) is 0 Å². The Kier molecular flexibility index (Phi) is 4.15. The van der Waals surface area contributed by atoms with Gasteiger partial charge in [-0.05, 0) is 31.5 Å². The van der Waals surface area contributed by atoms with Crippen LogP contribution in [0, 0.1) is 0 Å². The van der Waals surface area contributed by atoms with Crippen LogP contribution in [0.2, 0.25) is 5.02 Å². The lowest BCUT2D eigenvalue weighted by Gasteiger charge is -2.19. The largest absolute Gasteiger partial charge is 0.303 e. The van der Waals surface area contributed by atoms with Gasteiger partial charge in [0.25, 0.3) is 0 Å². The Morgan fingerprint density at radius 1 is 1.29 bits per heavy atom. The van der Waals surface area contributed by atoms with E-state index in [1.54, 1.807) is 11.3 Å². The van der Waals surface area contributed by atoms with Crippen LogP contribution in [0.15, 0.2) is 36.0 Å². The number of rotatable bonds is 4. The van der Waals surface area contributed by atoms with Crippen LogP contribution in [0.3, 0.4) is 0 Å². The normalized spacial score (nSPS) is 14.5. The number of hydrogen-bond donors (Lipinski definition) is 1. The zero-order valence-electron chi connectivity index (χ0n) is 9.85. The topological polar surface area (TPSA) is 24.9 Å². The van der Waals surface area contributed by atoms with E-state index in [0.717, 1.165) is 5.02 Å². The fraction of sp³-hybridized carbons (Fsp3) is 0.308. The molecule has 0 fully saturated rings. The van der Waals surface area contributed by atoms with E-state index in [4.69, 9.17) is 11.6 Å². The standard InChI is InChI=1S/C13H15ClN2S/c1-9(11-4-3-5-12(14)6-11)16-10(2)13-7-15-8-17-13/h3-10,16H,1-2H3/t9-,10?/m1/s1. The van der Waals surface area contributed by atoms with Crippen molar-refractivity contribution in [3.05, 3.63) is 51.4 Å². The Bertz CT molecular complexity index is 470. The number of benzene rings is 1. The van der Waals surface area contributed by atoms with Crippen molar-refractivity contribution in [2.75, 3.05) is 0 Å². The molecule has 2 nitrogen and oxygen atoms in total. The molecule has 2 rings (SSSR count). The van der Waals surface area contributed by atoms with Gasteiger partial charge in [-0.1, -0.05) is 23.7 Å². The number of hydrogen-bond acceptors (Lipinski definition) is 3. The average molecular weight is 267 g/mol. The van der Waals surface area contributed by atoms with E-state index in [1.165, 1.54) is 10.4 Å². The highest BCUT2D eigenvalue weighted by molar-refractivity contribution is 7.09. The minimum atomic E-state index is 0.269. The second-order valence-electron chi connectivity index (χ2n) is 4.07. The fourth-order valence-corrected chi connectivity index (χ4v) is 2.60. The van der Waals surface area contributed by atoms with Gasteiger partial charge >= 0.3 is 0 Å². The van der Waals surface area contributed by atoms with Crippen LogP contribution in [0.5, 0.6) is 0 Å². The van der Waals surface area contributed by atoms with Crippen molar-refractivity contribution in [3.63, 3.8) is 0 Å². The summed E-state index contributed by atoms with van der Waals surface area (Å²) >= 11 is 7.66. The molecular formula is C13H15ClN2S. The monoisotopic (exact) mass is 266 g/mol. The molecule has 0 amide bonds. The maximum atomic E-state index is 5.99. The number of nitrogens with zero attached hydrogens (tertiary/aromatic N) is 1. The first-order chi connectivity index (χ1) is 8.16. The van der Waals surface area contributed by atoms with Crippen LogP contribution in [0.1, 0.15) is 36.4 Å². The van der Waals surface area contributed by atoms with Crippen LogP contribution in [-0.4, -0.2) is 4.98 Å². The number of aromatic nitrogens is 1. The maximum absolute atomic E-state index is 5.99. The summed E-state index contributed by atoms with van der Waals surface area (Å²) in [7, 11) is 0. The summed E-state index contributed by atoms with van der Waals surface area (Å²) in [5.41, 5.74) is 3.06. The van der Waals surface area contributed by atoms with Crippen LogP contribution in [0.25, 0.3) is 0 Å². The van der Waals surface area contributed by atoms with Crippen LogP contribution < -0.4 is 5.32 Å². The minimum Gasteiger partial charge on any atom is -0.303 e. The third-order valence-electron chi connectivity index (χ3n) is 2.73. The summed E-state index contributed by atoms with van der Waals surface area (Å²) in [6.45, 7) is 4.29. The zero-order valence-corrected chi connectivity index (χ0v) is 11.4. The van der Waals surface area contributed by atoms with E-state index >= 15 is 0 Å². The van der Waals surface area contributed by atoms with Gasteiger partial charge in [0.05, 0.1) is 5.51 Å². The highest BCUT2D eigenvalue weighted by atomic mass is 35.5. The summed E-state index contributed by atoms with van der Waals surface area (Å²) in [4.78, 5) is 5.34. The van der Waals surface area contributed by atoms with Gasteiger partial charge in [0, 0.05) is 28.2 Å². The van der Waals surface area contributed by atoms with Crippen LogP contribution in [0.4, 0.5) is 0 Å². The third-order valence-corrected chi connectivity index (χ3v) is 3.92. The van der Waals surface area contributed by atoms with Crippen LogP contribution >= 0.6 is 22.9 Å². The minimum absolute atomic E-state index is 0.269. The van der Waals surface area contributed by atoms with E-state index in [2.05, 4.69) is 30.2 Å². The second kappa shape index (κ2) is 5.63. The Morgan fingerprint density at radius 3 is 2.76 bits per heavy atom. The van der Waals surface area contributed by atoms with Gasteiger partial charge < -0.3 is 5.32 Å². The van der Waals surface area contributed by atoms with E-state index in [9.17, 15) is 0 Å². The molecule has 2 aromatic rings. The Labute approximate surface area is 111 Å². The Morgan fingerprint density at radius 2 is 2.12 bits per heavy atom. The fourth-order valence-electron chi connectivity index (χ4n) is 1.77. The molecular weight excluding hydrogens is 252 g/mol. The van der Waals surface area contributed by atoms with E-state index in [0.29, 0.717) is 6.04 Å². The van der Waals surface area contributed by atoms with E-state index < -0.39 is 0 Å². The molecule has 0 bridgehead atoms. The molecule has 0 radical (unpaired) electrons. The van der Waals surface area contributed by atoms with Gasteiger partial charge in [-0.3, -0.25) is 4.98 Å². The van der Waals surface area contributed by atoms with Crippen molar-refractivity contribution in [3.8, 4) is 0 Å². The molecule has 1 heterocycles. The second-order valence-corrected chi connectivity index (χ2v) is 5.42. The van der Waals surface area contributed by atoms with Gasteiger partial charge in [-0.15, -0.1) is 11.3 Å². The van der Waals surface area contributed by atoms with Crippen molar-refractivity contribution in [1.29, 1.82) is 0 Å². The average Bonchev–Trinajstić information content (AvgIpc) is 2.82. The van der Waals surface area contributed by atoms with Gasteiger partial charge in [0.15, 0.2) is 0 Å². The Hall–Kier alpha value is -0.900. The van der Waals surface area contributed by atoms with Crippen molar-refractivity contribution in [2.45, 2.75) is 25.9 Å². The van der Waals surface area contributed by atoms with Gasteiger partial charge in [0.1, 0.15) is 0 Å². The van der Waals surface area contributed by atoms with Crippen molar-refractivity contribution >= 4 is 22.9 Å². The molecule has 17 heavy (non-hydrogen) atoms. The molecule has 1 N–H and O–H groups in total. The predicted octanol–water partition coefficient (Wildman–Crippen LogP) is 4.21. The first-order valence-corrected chi connectivity index (χ1v) is 6.82. The van der Waals surface area contributed by atoms with Crippen molar-refractivity contribution in [1.82, 2.24) is 10.3 Å². The molecule has 0 spiro atoms. The molecule has 1 aromatic carbocycles. The van der Waals surface area contributed by atoms with Gasteiger partial charge in [0.2, 0.25) is 0 Å². The summed E-state index contributed by atoms with van der Waals surface area (Å²) in [5, 5.41) is 4.32. The lowest BCUT2D eigenvalue weighted by atomic mass is 10.1. The molecule has 0 saturated heterocycles.